The van der Waals surface area contributed by atoms with Crippen molar-refractivity contribution in [1.29, 1.82) is 0 Å². The molecule has 1 amide bonds. The van der Waals surface area contributed by atoms with Crippen LogP contribution in [-0.4, -0.2) is 22.1 Å². The maximum Gasteiger partial charge on any atom is 0.382 e. The number of carbonyl (C=O) groups excluding carboxylic acids is 1. The zero-order valence-corrected chi connectivity index (χ0v) is 17.7. The summed E-state index contributed by atoms with van der Waals surface area (Å²) < 4.78 is 13.2. The van der Waals surface area contributed by atoms with Gasteiger partial charge in [-0.2, -0.15) is 0 Å². The summed E-state index contributed by atoms with van der Waals surface area (Å²) in [6, 6.07) is 22.1. The second-order valence-corrected chi connectivity index (χ2v) is 7.92. The molecular formula is C27H22FNO4. The lowest BCUT2D eigenvalue weighted by molar-refractivity contribution is -0.131. The predicted octanol–water partition coefficient (Wildman–Crippen LogP) is 4.48. The highest BCUT2D eigenvalue weighted by Crippen LogP contribution is 2.46. The minimum absolute atomic E-state index is 0.0421. The molecule has 3 atom stereocenters. The number of β-lactam (4-membered cyclic amide) rings is 1. The fourth-order valence-corrected chi connectivity index (χ4v) is 4.17. The van der Waals surface area contributed by atoms with Crippen molar-refractivity contribution in [2.45, 2.75) is 25.0 Å². The molecule has 0 bridgehead atoms. The molecule has 1 aliphatic heterocycles. The monoisotopic (exact) mass is 443 g/mol. The Labute approximate surface area is 191 Å². The zero-order valence-electron chi connectivity index (χ0n) is 17.7. The first-order valence-electron chi connectivity index (χ1n) is 10.6. The fraction of sp³-hybridized carbons (Fsp3) is 0.185. The minimum Gasteiger partial charge on any atom is -0.472 e. The smallest absolute Gasteiger partial charge is 0.382 e. The molecule has 0 unspecified atom stereocenters. The number of aliphatic carboxylic acids is 1. The lowest BCUT2D eigenvalue weighted by atomic mass is 9.78. The molecule has 0 saturated carbocycles. The molecule has 1 aliphatic rings. The SMILES string of the molecule is O=C(O)C#Cc1ccc(N2C(=O)[C@H](CC[C@H](O)c3ccc(F)cc3)[C@H]2c2ccccc2)cc1. The normalized spacial score (nSPS) is 18.1. The molecule has 0 spiro atoms. The quantitative estimate of drug-likeness (QED) is 0.435. The first-order valence-corrected chi connectivity index (χ1v) is 10.6. The van der Waals surface area contributed by atoms with Gasteiger partial charge in [-0.05, 0) is 60.4 Å². The van der Waals surface area contributed by atoms with Crippen LogP contribution < -0.4 is 4.90 Å². The standard InChI is InChI=1S/C27H22FNO4/c28-21-11-9-19(10-12-21)24(30)16-15-23-26(20-4-2-1-3-5-20)29(27(23)33)22-13-6-18(7-14-22)8-17-25(31)32/h1-7,9-14,23-24,26,30H,15-16H2,(H,31,32)/t23-,24+,26-/m1/s1. The Morgan fingerprint density at radius 3 is 2.30 bits per heavy atom. The van der Waals surface area contributed by atoms with Crippen LogP contribution in [0, 0.1) is 23.6 Å². The van der Waals surface area contributed by atoms with Gasteiger partial charge in [-0.1, -0.05) is 48.4 Å². The highest BCUT2D eigenvalue weighted by molar-refractivity contribution is 6.03. The number of carboxylic acids is 1. The number of carbonyl (C=O) groups is 2. The van der Waals surface area contributed by atoms with E-state index >= 15 is 0 Å². The summed E-state index contributed by atoms with van der Waals surface area (Å²) in [6.45, 7) is 0. The van der Waals surface area contributed by atoms with Gasteiger partial charge in [0.1, 0.15) is 5.82 Å². The van der Waals surface area contributed by atoms with E-state index in [9.17, 15) is 19.1 Å². The van der Waals surface area contributed by atoms with Crippen LogP contribution in [0.15, 0.2) is 78.9 Å². The fourth-order valence-electron chi connectivity index (χ4n) is 4.17. The van der Waals surface area contributed by atoms with Crippen molar-refractivity contribution in [3.63, 3.8) is 0 Å². The Balaban J connectivity index is 1.53. The van der Waals surface area contributed by atoms with Gasteiger partial charge < -0.3 is 15.1 Å². The largest absolute Gasteiger partial charge is 0.472 e. The number of benzene rings is 3. The number of amides is 1. The molecule has 3 aromatic rings. The van der Waals surface area contributed by atoms with Gasteiger partial charge >= 0.3 is 5.97 Å². The molecule has 0 radical (unpaired) electrons. The van der Waals surface area contributed by atoms with E-state index in [4.69, 9.17) is 5.11 Å². The number of carboxylic acid groups (broad SMARTS) is 1. The number of aliphatic hydroxyl groups is 1. The third kappa shape index (κ3) is 4.94. The second-order valence-electron chi connectivity index (χ2n) is 7.92. The highest BCUT2D eigenvalue weighted by atomic mass is 19.1. The van der Waals surface area contributed by atoms with Gasteiger partial charge in [0.05, 0.1) is 18.1 Å². The van der Waals surface area contributed by atoms with Crippen LogP contribution in [0.4, 0.5) is 10.1 Å². The third-order valence-electron chi connectivity index (χ3n) is 5.82. The van der Waals surface area contributed by atoms with Gasteiger partial charge in [0, 0.05) is 17.2 Å². The van der Waals surface area contributed by atoms with Gasteiger partial charge in [0.2, 0.25) is 5.91 Å². The number of hydrogen-bond donors (Lipinski definition) is 2. The lowest BCUT2D eigenvalue weighted by Gasteiger charge is -2.48. The zero-order chi connectivity index (χ0) is 23.4. The van der Waals surface area contributed by atoms with Crippen molar-refractivity contribution in [2.24, 2.45) is 5.92 Å². The van der Waals surface area contributed by atoms with Crippen molar-refractivity contribution < 1.29 is 24.2 Å². The van der Waals surface area contributed by atoms with Gasteiger partial charge in [-0.15, -0.1) is 0 Å². The van der Waals surface area contributed by atoms with Crippen LogP contribution in [0.1, 0.15) is 41.7 Å². The molecule has 3 aromatic carbocycles. The van der Waals surface area contributed by atoms with Crippen molar-refractivity contribution in [3.05, 3.63) is 101 Å². The molecule has 1 saturated heterocycles. The summed E-state index contributed by atoms with van der Waals surface area (Å²) in [7, 11) is 0. The Morgan fingerprint density at radius 1 is 1.00 bits per heavy atom. The molecule has 6 heteroatoms. The third-order valence-corrected chi connectivity index (χ3v) is 5.82. The summed E-state index contributed by atoms with van der Waals surface area (Å²) in [4.78, 5) is 25.5. The summed E-state index contributed by atoms with van der Waals surface area (Å²) in [5, 5.41) is 19.2. The number of halogens is 1. The molecule has 0 aromatic heterocycles. The van der Waals surface area contributed by atoms with Crippen LogP contribution in [0.25, 0.3) is 0 Å². The highest BCUT2D eigenvalue weighted by Gasteiger charge is 2.48. The van der Waals surface area contributed by atoms with Crippen molar-refractivity contribution in [2.75, 3.05) is 4.90 Å². The van der Waals surface area contributed by atoms with E-state index in [1.807, 2.05) is 30.3 Å². The summed E-state index contributed by atoms with van der Waals surface area (Å²) in [5.41, 5.74) is 2.86. The van der Waals surface area contributed by atoms with Crippen LogP contribution >= 0.6 is 0 Å². The van der Waals surface area contributed by atoms with Crippen LogP contribution in [-0.2, 0) is 9.59 Å². The number of nitrogens with zero attached hydrogens (tertiary/aromatic N) is 1. The second kappa shape index (κ2) is 9.68. The predicted molar refractivity (Wildman–Crippen MR) is 122 cm³/mol. The van der Waals surface area contributed by atoms with Crippen LogP contribution in [0.2, 0.25) is 0 Å². The van der Waals surface area contributed by atoms with Crippen molar-refractivity contribution >= 4 is 17.6 Å². The van der Waals surface area contributed by atoms with Gasteiger partial charge in [0.15, 0.2) is 0 Å². The molecule has 1 fully saturated rings. The van der Waals surface area contributed by atoms with Gasteiger partial charge in [-0.25, -0.2) is 9.18 Å². The van der Waals surface area contributed by atoms with E-state index in [0.717, 1.165) is 5.56 Å². The number of rotatable bonds is 6. The van der Waals surface area contributed by atoms with Gasteiger partial charge in [-0.3, -0.25) is 4.79 Å². The summed E-state index contributed by atoms with van der Waals surface area (Å²) >= 11 is 0. The Morgan fingerprint density at radius 2 is 1.67 bits per heavy atom. The molecule has 166 valence electrons. The van der Waals surface area contributed by atoms with Crippen molar-refractivity contribution in [3.8, 4) is 11.8 Å². The van der Waals surface area contributed by atoms with Crippen LogP contribution in [0.3, 0.4) is 0 Å². The minimum atomic E-state index is -1.20. The number of aliphatic hydroxyl groups excluding tert-OH is 1. The number of anilines is 1. The summed E-state index contributed by atoms with van der Waals surface area (Å²) in [5.74, 6) is 2.73. The lowest BCUT2D eigenvalue weighted by Crippen LogP contribution is -2.55. The topological polar surface area (TPSA) is 77.8 Å². The van der Waals surface area contributed by atoms with E-state index in [1.54, 1.807) is 41.3 Å². The molecule has 2 N–H and O–H groups in total. The maximum atomic E-state index is 13.2. The Kier molecular flexibility index (Phi) is 6.53. The Hall–Kier alpha value is -3.95. The van der Waals surface area contributed by atoms with E-state index in [0.29, 0.717) is 29.7 Å². The van der Waals surface area contributed by atoms with E-state index < -0.39 is 12.1 Å². The first-order chi connectivity index (χ1) is 15.9. The average molecular weight is 443 g/mol. The Bertz CT molecular complexity index is 1200. The molecule has 5 nitrogen and oxygen atoms in total. The average Bonchev–Trinajstić information content (AvgIpc) is 2.82. The molecule has 4 rings (SSSR count). The van der Waals surface area contributed by atoms with E-state index in [1.165, 1.54) is 12.1 Å². The molecule has 0 aliphatic carbocycles. The number of hydrogen-bond acceptors (Lipinski definition) is 3. The molecule has 33 heavy (non-hydrogen) atoms. The van der Waals surface area contributed by atoms with E-state index in [-0.39, 0.29) is 23.7 Å². The van der Waals surface area contributed by atoms with Crippen LogP contribution in [0.5, 0.6) is 0 Å². The van der Waals surface area contributed by atoms with Crippen molar-refractivity contribution in [1.82, 2.24) is 0 Å². The molecule has 1 heterocycles. The maximum absolute atomic E-state index is 13.2. The van der Waals surface area contributed by atoms with Gasteiger partial charge in [0.25, 0.3) is 0 Å². The molecular weight excluding hydrogens is 421 g/mol. The first kappa shape index (κ1) is 22.3. The summed E-state index contributed by atoms with van der Waals surface area (Å²) in [6.07, 6.45) is 0.0781. The van der Waals surface area contributed by atoms with E-state index in [2.05, 4.69) is 11.8 Å².